The Morgan fingerprint density at radius 1 is 1.45 bits per heavy atom. The van der Waals surface area contributed by atoms with Crippen LogP contribution in [0, 0.1) is 12.9 Å². The van der Waals surface area contributed by atoms with Gasteiger partial charge in [0, 0.05) is 12.6 Å². The van der Waals surface area contributed by atoms with Gasteiger partial charge in [-0.2, -0.15) is 9.49 Å². The molecule has 1 aromatic carbocycles. The van der Waals surface area contributed by atoms with Gasteiger partial charge in [0.15, 0.2) is 4.90 Å². The summed E-state index contributed by atoms with van der Waals surface area (Å²) in [6.07, 6.45) is 0. The zero-order chi connectivity index (χ0) is 14.9. The van der Waals surface area contributed by atoms with Crippen LogP contribution in [-0.2, 0) is 16.6 Å². The van der Waals surface area contributed by atoms with E-state index in [-0.39, 0.29) is 23.7 Å². The van der Waals surface area contributed by atoms with E-state index in [0.29, 0.717) is 0 Å². The second-order valence-corrected chi connectivity index (χ2v) is 5.80. The molecule has 20 heavy (non-hydrogen) atoms. The van der Waals surface area contributed by atoms with Gasteiger partial charge in [-0.1, -0.05) is 6.07 Å². The minimum atomic E-state index is -4.10. The van der Waals surface area contributed by atoms with E-state index >= 15 is 0 Å². The first-order valence-corrected chi connectivity index (χ1v) is 7.38. The van der Waals surface area contributed by atoms with Crippen LogP contribution < -0.4 is 4.72 Å². The summed E-state index contributed by atoms with van der Waals surface area (Å²) < 4.78 is 41.6. The molecular formula is C12H14FN3O3S. The number of aromatic hydroxyl groups is 1. The predicted octanol–water partition coefficient (Wildman–Crippen LogP) is 1.86. The third-order valence-corrected chi connectivity index (χ3v) is 4.19. The summed E-state index contributed by atoms with van der Waals surface area (Å²) in [4.78, 5) is -0.484. The lowest BCUT2D eigenvalue weighted by Crippen LogP contribution is -2.15. The van der Waals surface area contributed by atoms with Gasteiger partial charge in [0.25, 0.3) is 10.0 Å². The van der Waals surface area contributed by atoms with Gasteiger partial charge in [0.05, 0.1) is 11.4 Å². The van der Waals surface area contributed by atoms with E-state index < -0.39 is 20.9 Å². The van der Waals surface area contributed by atoms with Crippen LogP contribution in [0.2, 0.25) is 0 Å². The first-order chi connectivity index (χ1) is 9.35. The first-order valence-electron chi connectivity index (χ1n) is 5.90. The number of rotatable bonds is 4. The number of sulfonamides is 1. The van der Waals surface area contributed by atoms with E-state index in [0.717, 1.165) is 4.68 Å². The molecule has 0 aliphatic rings. The van der Waals surface area contributed by atoms with Gasteiger partial charge in [0.2, 0.25) is 5.95 Å². The standard InChI is InChI=1S/C12H14FN3O3S/c1-3-16-12(13)11(8(2)14-16)20(18,19)15-9-5-4-6-10(17)7-9/h4-7,15,17H,3H2,1-2H3. The molecule has 0 bridgehead atoms. The molecule has 8 heteroatoms. The van der Waals surface area contributed by atoms with Crippen molar-refractivity contribution in [2.75, 3.05) is 4.72 Å². The van der Waals surface area contributed by atoms with Crippen molar-refractivity contribution in [3.63, 3.8) is 0 Å². The van der Waals surface area contributed by atoms with Gasteiger partial charge in [-0.05, 0) is 26.0 Å². The lowest BCUT2D eigenvalue weighted by Gasteiger charge is -2.07. The second-order valence-electron chi connectivity index (χ2n) is 4.18. The number of aromatic nitrogens is 2. The Balaban J connectivity index is 2.43. The lowest BCUT2D eigenvalue weighted by atomic mass is 10.3. The SMILES string of the molecule is CCn1nc(C)c(S(=O)(=O)Nc2cccc(O)c2)c1F. The van der Waals surface area contributed by atoms with Gasteiger partial charge in [-0.25, -0.2) is 13.1 Å². The van der Waals surface area contributed by atoms with Crippen LogP contribution in [0.4, 0.5) is 10.1 Å². The molecule has 2 rings (SSSR count). The van der Waals surface area contributed by atoms with Gasteiger partial charge in [-0.3, -0.25) is 4.72 Å². The summed E-state index contributed by atoms with van der Waals surface area (Å²) in [5, 5.41) is 13.1. The van der Waals surface area contributed by atoms with Crippen LogP contribution in [0.3, 0.4) is 0 Å². The topological polar surface area (TPSA) is 84.2 Å². The maximum atomic E-state index is 14.0. The van der Waals surface area contributed by atoms with Crippen molar-refractivity contribution in [2.45, 2.75) is 25.3 Å². The molecule has 6 nitrogen and oxygen atoms in total. The van der Waals surface area contributed by atoms with Crippen LogP contribution in [-0.4, -0.2) is 23.3 Å². The van der Waals surface area contributed by atoms with Gasteiger partial charge < -0.3 is 5.11 Å². The maximum Gasteiger partial charge on any atom is 0.268 e. The van der Waals surface area contributed by atoms with Crippen molar-refractivity contribution in [1.82, 2.24) is 9.78 Å². The van der Waals surface area contributed by atoms with E-state index in [2.05, 4.69) is 9.82 Å². The van der Waals surface area contributed by atoms with E-state index in [1.165, 1.54) is 31.2 Å². The van der Waals surface area contributed by atoms with Crippen LogP contribution in [0.15, 0.2) is 29.2 Å². The molecule has 0 amide bonds. The Hall–Kier alpha value is -2.09. The number of hydrogen-bond donors (Lipinski definition) is 2. The van der Waals surface area contributed by atoms with Crippen molar-refractivity contribution < 1.29 is 17.9 Å². The van der Waals surface area contributed by atoms with Crippen molar-refractivity contribution >= 4 is 15.7 Å². The van der Waals surface area contributed by atoms with E-state index in [1.807, 2.05) is 0 Å². The summed E-state index contributed by atoms with van der Waals surface area (Å²) in [6.45, 7) is 3.31. The smallest absolute Gasteiger partial charge is 0.268 e. The molecule has 0 saturated carbocycles. The maximum absolute atomic E-state index is 14.0. The molecule has 0 unspecified atom stereocenters. The zero-order valence-corrected chi connectivity index (χ0v) is 11.8. The first kappa shape index (κ1) is 14.3. The molecular weight excluding hydrogens is 285 g/mol. The number of nitrogens with one attached hydrogen (secondary N) is 1. The third-order valence-electron chi connectivity index (χ3n) is 2.68. The number of hydrogen-bond acceptors (Lipinski definition) is 4. The van der Waals surface area contributed by atoms with Crippen molar-refractivity contribution in [2.24, 2.45) is 0 Å². The number of aryl methyl sites for hydroxylation is 2. The molecule has 0 aliphatic heterocycles. The average molecular weight is 299 g/mol. The van der Waals surface area contributed by atoms with Crippen LogP contribution >= 0.6 is 0 Å². The Labute approximate surface area is 115 Å². The van der Waals surface area contributed by atoms with Crippen LogP contribution in [0.1, 0.15) is 12.6 Å². The quantitative estimate of drug-likeness (QED) is 0.902. The molecule has 0 fully saturated rings. The largest absolute Gasteiger partial charge is 0.508 e. The Kier molecular flexibility index (Phi) is 3.67. The normalized spacial score (nSPS) is 11.6. The van der Waals surface area contributed by atoms with Gasteiger partial charge >= 0.3 is 0 Å². The second kappa shape index (κ2) is 5.12. The summed E-state index contributed by atoms with van der Waals surface area (Å²) >= 11 is 0. The zero-order valence-electron chi connectivity index (χ0n) is 11.0. The summed E-state index contributed by atoms with van der Waals surface area (Å²) in [5.74, 6) is -0.996. The Morgan fingerprint density at radius 2 is 2.15 bits per heavy atom. The molecule has 1 aromatic heterocycles. The Bertz CT molecular complexity index is 740. The fourth-order valence-corrected chi connectivity index (χ4v) is 3.12. The summed E-state index contributed by atoms with van der Waals surface area (Å²) in [6, 6.07) is 5.56. The number of anilines is 1. The number of benzene rings is 1. The highest BCUT2D eigenvalue weighted by Gasteiger charge is 2.27. The molecule has 0 radical (unpaired) electrons. The highest BCUT2D eigenvalue weighted by Crippen LogP contribution is 2.23. The molecule has 0 aliphatic carbocycles. The molecule has 0 saturated heterocycles. The Morgan fingerprint density at radius 3 is 2.70 bits per heavy atom. The number of nitrogens with zero attached hydrogens (tertiary/aromatic N) is 2. The fraction of sp³-hybridized carbons (Fsp3) is 0.250. The van der Waals surface area contributed by atoms with E-state index in [1.54, 1.807) is 6.92 Å². The molecule has 108 valence electrons. The summed E-state index contributed by atoms with van der Waals surface area (Å²) in [5.41, 5.74) is 0.227. The average Bonchev–Trinajstić information content (AvgIpc) is 2.64. The van der Waals surface area contributed by atoms with Crippen LogP contribution in [0.5, 0.6) is 5.75 Å². The van der Waals surface area contributed by atoms with Gasteiger partial charge in [-0.15, -0.1) is 0 Å². The highest BCUT2D eigenvalue weighted by molar-refractivity contribution is 7.92. The minimum Gasteiger partial charge on any atom is -0.508 e. The van der Waals surface area contributed by atoms with Gasteiger partial charge in [0.1, 0.15) is 5.75 Å². The van der Waals surface area contributed by atoms with E-state index in [4.69, 9.17) is 0 Å². The molecule has 1 heterocycles. The fourth-order valence-electron chi connectivity index (χ4n) is 1.83. The number of phenolic OH excluding ortho intramolecular Hbond substituents is 1. The van der Waals surface area contributed by atoms with E-state index in [9.17, 15) is 17.9 Å². The summed E-state index contributed by atoms with van der Waals surface area (Å²) in [7, 11) is -4.10. The lowest BCUT2D eigenvalue weighted by molar-refractivity contribution is 0.454. The minimum absolute atomic E-state index is 0.0806. The monoisotopic (exact) mass is 299 g/mol. The van der Waals surface area contributed by atoms with Crippen molar-refractivity contribution in [3.05, 3.63) is 35.9 Å². The molecule has 0 spiro atoms. The van der Waals surface area contributed by atoms with Crippen molar-refractivity contribution in [3.8, 4) is 5.75 Å². The number of halogens is 1. The highest BCUT2D eigenvalue weighted by atomic mass is 32.2. The predicted molar refractivity (Wildman–Crippen MR) is 71.5 cm³/mol. The number of phenols is 1. The van der Waals surface area contributed by atoms with Crippen molar-refractivity contribution in [1.29, 1.82) is 0 Å². The molecule has 2 aromatic rings. The third kappa shape index (κ3) is 2.60. The van der Waals surface area contributed by atoms with Crippen LogP contribution in [0.25, 0.3) is 0 Å². The molecule has 0 atom stereocenters. The molecule has 2 N–H and O–H groups in total.